The molecule has 1 saturated heterocycles. The number of carbonyl (C=O) groups is 1. The summed E-state index contributed by atoms with van der Waals surface area (Å²) >= 11 is 0. The quantitative estimate of drug-likeness (QED) is 0.866. The molecule has 25 heavy (non-hydrogen) atoms. The van der Waals surface area contributed by atoms with Gasteiger partial charge in [-0.15, -0.1) is 12.4 Å². The van der Waals surface area contributed by atoms with Gasteiger partial charge in [-0.25, -0.2) is 0 Å². The first-order valence-electron chi connectivity index (χ1n) is 9.44. The largest absolute Gasteiger partial charge is 0.337 e. The van der Waals surface area contributed by atoms with E-state index in [-0.39, 0.29) is 23.9 Å². The van der Waals surface area contributed by atoms with E-state index in [1.807, 2.05) is 11.9 Å². The Balaban J connectivity index is 0.00000225. The number of aromatic nitrogens is 2. The molecule has 0 aromatic carbocycles. The van der Waals surface area contributed by atoms with Crippen molar-refractivity contribution in [3.8, 4) is 0 Å². The lowest BCUT2D eigenvalue weighted by Crippen LogP contribution is -2.39. The second kappa shape index (κ2) is 8.09. The van der Waals surface area contributed by atoms with E-state index in [2.05, 4.69) is 36.8 Å². The van der Waals surface area contributed by atoms with Crippen molar-refractivity contribution in [3.05, 3.63) is 17.5 Å². The highest BCUT2D eigenvalue weighted by molar-refractivity contribution is 5.92. The van der Waals surface area contributed by atoms with Crippen molar-refractivity contribution in [3.63, 3.8) is 0 Å². The van der Waals surface area contributed by atoms with Gasteiger partial charge in [0.1, 0.15) is 0 Å². The zero-order chi connectivity index (χ0) is 17.3. The number of rotatable bonds is 5. The number of halogens is 1. The standard InChI is InChI=1S/C19H32N4O.ClH/c1-19(2,3)23-17(15-5-6-15)13-16(21-23)18(24)22-11-8-14(9-12-22)7-10-20-4;/h13-15,20H,5-12H2,1-4H3;1H. The Hall–Kier alpha value is -1.07. The zero-order valence-electron chi connectivity index (χ0n) is 16.0. The monoisotopic (exact) mass is 368 g/mol. The molecular formula is C19H33ClN4O. The highest BCUT2D eigenvalue weighted by atomic mass is 35.5. The summed E-state index contributed by atoms with van der Waals surface area (Å²) in [5.41, 5.74) is 1.81. The van der Waals surface area contributed by atoms with E-state index in [0.29, 0.717) is 11.6 Å². The van der Waals surface area contributed by atoms with Gasteiger partial charge in [0.05, 0.1) is 5.54 Å². The van der Waals surface area contributed by atoms with Gasteiger partial charge in [-0.05, 0) is 78.5 Å². The predicted molar refractivity (Wildman–Crippen MR) is 104 cm³/mol. The molecule has 1 aliphatic carbocycles. The predicted octanol–water partition coefficient (Wildman–Crippen LogP) is 3.40. The minimum absolute atomic E-state index is 0. The van der Waals surface area contributed by atoms with E-state index in [1.165, 1.54) is 25.0 Å². The summed E-state index contributed by atoms with van der Waals surface area (Å²) in [6, 6.07) is 2.05. The molecule has 1 amide bonds. The van der Waals surface area contributed by atoms with Crippen molar-refractivity contribution >= 4 is 18.3 Å². The second-order valence-electron chi connectivity index (χ2n) is 8.44. The van der Waals surface area contributed by atoms with Crippen LogP contribution in [-0.2, 0) is 5.54 Å². The van der Waals surface area contributed by atoms with Gasteiger partial charge in [0.2, 0.25) is 0 Å². The second-order valence-corrected chi connectivity index (χ2v) is 8.44. The maximum Gasteiger partial charge on any atom is 0.274 e. The van der Waals surface area contributed by atoms with Crippen LogP contribution in [0.15, 0.2) is 6.07 Å². The molecule has 0 spiro atoms. The molecule has 6 heteroatoms. The number of hydrogen-bond acceptors (Lipinski definition) is 3. The molecule has 0 atom stereocenters. The highest BCUT2D eigenvalue weighted by Crippen LogP contribution is 2.41. The summed E-state index contributed by atoms with van der Waals surface area (Å²) in [5, 5.41) is 7.92. The molecular weight excluding hydrogens is 336 g/mol. The van der Waals surface area contributed by atoms with Crippen LogP contribution < -0.4 is 5.32 Å². The van der Waals surface area contributed by atoms with Crippen LogP contribution in [-0.4, -0.2) is 47.3 Å². The number of likely N-dealkylation sites (tertiary alicyclic amines) is 1. The Morgan fingerprint density at radius 2 is 1.88 bits per heavy atom. The summed E-state index contributed by atoms with van der Waals surface area (Å²) < 4.78 is 2.08. The van der Waals surface area contributed by atoms with Crippen LogP contribution >= 0.6 is 12.4 Å². The number of nitrogens with one attached hydrogen (secondary N) is 1. The Kier molecular flexibility index (Phi) is 6.55. The molecule has 2 fully saturated rings. The summed E-state index contributed by atoms with van der Waals surface area (Å²) in [6.45, 7) is 9.29. The Morgan fingerprint density at radius 3 is 2.40 bits per heavy atom. The molecule has 3 rings (SSSR count). The van der Waals surface area contributed by atoms with Crippen LogP contribution in [0.5, 0.6) is 0 Å². The fraction of sp³-hybridized carbons (Fsp3) is 0.789. The molecule has 1 saturated carbocycles. The zero-order valence-corrected chi connectivity index (χ0v) is 16.9. The molecule has 0 radical (unpaired) electrons. The number of hydrogen-bond donors (Lipinski definition) is 1. The molecule has 1 N–H and O–H groups in total. The van der Waals surface area contributed by atoms with Gasteiger partial charge in [-0.2, -0.15) is 5.10 Å². The van der Waals surface area contributed by atoms with Crippen LogP contribution in [0.25, 0.3) is 0 Å². The van der Waals surface area contributed by atoms with Gasteiger partial charge in [0.25, 0.3) is 5.91 Å². The molecule has 0 unspecified atom stereocenters. The molecule has 0 bridgehead atoms. The Morgan fingerprint density at radius 1 is 1.24 bits per heavy atom. The fourth-order valence-corrected chi connectivity index (χ4v) is 3.64. The number of carbonyl (C=O) groups excluding carboxylic acids is 1. The van der Waals surface area contributed by atoms with Gasteiger partial charge in [-0.3, -0.25) is 9.48 Å². The first kappa shape index (κ1) is 20.2. The molecule has 5 nitrogen and oxygen atoms in total. The highest BCUT2D eigenvalue weighted by Gasteiger charge is 2.33. The van der Waals surface area contributed by atoms with Crippen LogP contribution in [0.2, 0.25) is 0 Å². The van der Waals surface area contributed by atoms with Crippen molar-refractivity contribution in [2.75, 3.05) is 26.7 Å². The third-order valence-electron chi connectivity index (χ3n) is 5.29. The lowest BCUT2D eigenvalue weighted by molar-refractivity contribution is 0.0679. The summed E-state index contributed by atoms with van der Waals surface area (Å²) in [4.78, 5) is 14.9. The van der Waals surface area contributed by atoms with Gasteiger partial charge in [0.15, 0.2) is 5.69 Å². The fourth-order valence-electron chi connectivity index (χ4n) is 3.64. The van der Waals surface area contributed by atoms with Gasteiger partial charge in [0, 0.05) is 24.7 Å². The Labute approximate surface area is 157 Å². The van der Waals surface area contributed by atoms with Crippen molar-refractivity contribution in [2.24, 2.45) is 5.92 Å². The first-order valence-corrected chi connectivity index (χ1v) is 9.44. The van der Waals surface area contributed by atoms with Crippen molar-refractivity contribution in [1.82, 2.24) is 20.0 Å². The molecule has 1 aromatic rings. The lowest BCUT2D eigenvalue weighted by atomic mass is 9.93. The average Bonchev–Trinajstić information content (AvgIpc) is 3.29. The smallest absolute Gasteiger partial charge is 0.274 e. The van der Waals surface area contributed by atoms with Crippen molar-refractivity contribution < 1.29 is 4.79 Å². The van der Waals surface area contributed by atoms with E-state index < -0.39 is 0 Å². The summed E-state index contributed by atoms with van der Waals surface area (Å²) in [7, 11) is 2.00. The maximum absolute atomic E-state index is 12.9. The maximum atomic E-state index is 12.9. The lowest BCUT2D eigenvalue weighted by Gasteiger charge is -2.31. The van der Waals surface area contributed by atoms with E-state index in [0.717, 1.165) is 38.4 Å². The average molecular weight is 369 g/mol. The summed E-state index contributed by atoms with van der Waals surface area (Å²) in [5.74, 6) is 1.47. The third-order valence-corrected chi connectivity index (χ3v) is 5.29. The number of amides is 1. The van der Waals surface area contributed by atoms with Crippen LogP contribution in [0, 0.1) is 5.92 Å². The van der Waals surface area contributed by atoms with Crippen LogP contribution in [0.3, 0.4) is 0 Å². The molecule has 2 heterocycles. The van der Waals surface area contributed by atoms with E-state index >= 15 is 0 Å². The van der Waals surface area contributed by atoms with E-state index in [9.17, 15) is 4.79 Å². The molecule has 1 aliphatic heterocycles. The number of nitrogens with zero attached hydrogens (tertiary/aromatic N) is 3. The minimum atomic E-state index is -0.0728. The first-order chi connectivity index (χ1) is 11.4. The van der Waals surface area contributed by atoms with E-state index in [1.54, 1.807) is 0 Å². The normalized spacial score (nSPS) is 19.0. The van der Waals surface area contributed by atoms with Crippen LogP contribution in [0.4, 0.5) is 0 Å². The summed E-state index contributed by atoms with van der Waals surface area (Å²) in [6.07, 6.45) is 5.90. The van der Waals surface area contributed by atoms with Gasteiger partial charge >= 0.3 is 0 Å². The SMILES string of the molecule is CNCCC1CCN(C(=O)c2cc(C3CC3)n(C(C)(C)C)n2)CC1.Cl. The van der Waals surface area contributed by atoms with Gasteiger partial charge < -0.3 is 10.2 Å². The molecule has 142 valence electrons. The minimum Gasteiger partial charge on any atom is -0.337 e. The van der Waals surface area contributed by atoms with Gasteiger partial charge in [-0.1, -0.05) is 0 Å². The topological polar surface area (TPSA) is 50.2 Å². The third kappa shape index (κ3) is 4.76. The number of piperidine rings is 1. The molecule has 1 aromatic heterocycles. The van der Waals surface area contributed by atoms with Crippen molar-refractivity contribution in [2.45, 2.75) is 64.3 Å². The molecule has 2 aliphatic rings. The van der Waals surface area contributed by atoms with E-state index in [4.69, 9.17) is 5.10 Å². The Bertz CT molecular complexity index is 581. The van der Waals surface area contributed by atoms with Crippen molar-refractivity contribution in [1.29, 1.82) is 0 Å². The van der Waals surface area contributed by atoms with Crippen LogP contribution in [0.1, 0.15) is 75.0 Å².